The maximum absolute atomic E-state index is 12.7. The van der Waals surface area contributed by atoms with Gasteiger partial charge in [-0.05, 0) is 12.1 Å². The summed E-state index contributed by atoms with van der Waals surface area (Å²) in [5, 5.41) is 9.92. The largest absolute Gasteiger partial charge is 0.507 e. The summed E-state index contributed by atoms with van der Waals surface area (Å²) in [4.78, 5) is 25.2. The van der Waals surface area contributed by atoms with Crippen LogP contribution in [0.4, 0.5) is 0 Å². The van der Waals surface area contributed by atoms with Gasteiger partial charge in [0, 0.05) is 15.4 Å². The van der Waals surface area contributed by atoms with Crippen molar-refractivity contribution in [2.75, 3.05) is 4.43 Å². The molecule has 0 bridgehead atoms. The van der Waals surface area contributed by atoms with Gasteiger partial charge in [-0.25, -0.2) is 0 Å². The van der Waals surface area contributed by atoms with Crippen LogP contribution in [0.5, 0.6) is 5.75 Å². The smallest absolute Gasteiger partial charge is 0.228 e. The highest BCUT2D eigenvalue weighted by atomic mass is 127. The van der Waals surface area contributed by atoms with E-state index in [9.17, 15) is 14.7 Å². The van der Waals surface area contributed by atoms with E-state index < -0.39 is 5.41 Å². The first-order chi connectivity index (χ1) is 9.39. The Morgan fingerprint density at radius 1 is 1.30 bits per heavy atom. The fraction of sp³-hybridized carbons (Fsp3) is 0.333. The SMILES string of the molecule is CC1(C)C2=C(OC1CI)C(=O)c1cccc(O)c1C2=O. The van der Waals surface area contributed by atoms with Gasteiger partial charge in [-0.15, -0.1) is 0 Å². The summed E-state index contributed by atoms with van der Waals surface area (Å²) in [6, 6.07) is 4.53. The zero-order valence-electron chi connectivity index (χ0n) is 11.1. The van der Waals surface area contributed by atoms with Crippen molar-refractivity contribution in [1.82, 2.24) is 0 Å². The van der Waals surface area contributed by atoms with Gasteiger partial charge in [0.15, 0.2) is 11.5 Å². The maximum atomic E-state index is 12.7. The lowest BCUT2D eigenvalue weighted by molar-refractivity contribution is 0.0752. The van der Waals surface area contributed by atoms with E-state index in [-0.39, 0.29) is 40.3 Å². The summed E-state index contributed by atoms with van der Waals surface area (Å²) in [5.41, 5.74) is 0.169. The Morgan fingerprint density at radius 3 is 2.65 bits per heavy atom. The van der Waals surface area contributed by atoms with Crippen molar-refractivity contribution in [3.63, 3.8) is 0 Å². The molecule has 1 atom stereocenters. The number of hydrogen-bond donors (Lipinski definition) is 1. The number of aromatic hydroxyl groups is 1. The average molecular weight is 384 g/mol. The minimum atomic E-state index is -0.538. The molecule has 0 amide bonds. The zero-order chi connectivity index (χ0) is 14.7. The fourth-order valence-electron chi connectivity index (χ4n) is 2.80. The van der Waals surface area contributed by atoms with E-state index in [2.05, 4.69) is 22.6 Å². The number of carbonyl (C=O) groups excluding carboxylic acids is 2. The number of ketones is 2. The molecule has 2 aliphatic rings. The molecule has 1 heterocycles. The molecule has 0 saturated carbocycles. The van der Waals surface area contributed by atoms with Crippen molar-refractivity contribution < 1.29 is 19.4 Å². The quantitative estimate of drug-likeness (QED) is 0.598. The van der Waals surface area contributed by atoms with Gasteiger partial charge in [-0.1, -0.05) is 42.5 Å². The van der Waals surface area contributed by atoms with Crippen LogP contribution in [0.1, 0.15) is 34.6 Å². The van der Waals surface area contributed by atoms with Crippen molar-refractivity contribution in [1.29, 1.82) is 0 Å². The molecule has 20 heavy (non-hydrogen) atoms. The summed E-state index contributed by atoms with van der Waals surface area (Å²) in [6.07, 6.45) is -0.211. The summed E-state index contributed by atoms with van der Waals surface area (Å²) in [5.74, 6) is -0.614. The number of Topliss-reactive ketones (excluding diaryl/α,β-unsaturated/α-hetero) is 2. The van der Waals surface area contributed by atoms with Crippen LogP contribution in [0.15, 0.2) is 29.5 Å². The minimum absolute atomic E-state index is 0.0991. The number of allylic oxidation sites excluding steroid dienone is 1. The lowest BCUT2D eigenvalue weighted by Crippen LogP contribution is -2.32. The second-order valence-corrected chi connectivity index (χ2v) is 6.43. The number of carbonyl (C=O) groups is 2. The molecule has 3 rings (SSSR count). The lowest BCUT2D eigenvalue weighted by Gasteiger charge is -2.26. The van der Waals surface area contributed by atoms with Crippen molar-refractivity contribution in [3.8, 4) is 5.75 Å². The Hall–Kier alpha value is -1.37. The van der Waals surface area contributed by atoms with Crippen molar-refractivity contribution >= 4 is 34.2 Å². The van der Waals surface area contributed by atoms with Crippen molar-refractivity contribution in [2.45, 2.75) is 20.0 Å². The first kappa shape index (κ1) is 13.6. The molecular weight excluding hydrogens is 371 g/mol. The molecule has 1 aliphatic heterocycles. The number of phenolic OH excluding ortho intramolecular Hbond substituents is 1. The Labute approximate surface area is 130 Å². The van der Waals surface area contributed by atoms with Crippen LogP contribution in [0, 0.1) is 5.41 Å². The highest BCUT2D eigenvalue weighted by Crippen LogP contribution is 2.48. The van der Waals surface area contributed by atoms with Gasteiger partial charge in [0.05, 0.1) is 11.1 Å². The first-order valence-electron chi connectivity index (χ1n) is 6.28. The highest BCUT2D eigenvalue weighted by Gasteiger charge is 2.51. The Balaban J connectivity index is 2.24. The molecule has 1 aromatic rings. The highest BCUT2D eigenvalue weighted by molar-refractivity contribution is 14.1. The molecule has 1 aliphatic carbocycles. The molecule has 104 valence electrons. The second-order valence-electron chi connectivity index (χ2n) is 5.54. The molecule has 1 unspecified atom stereocenters. The molecule has 0 radical (unpaired) electrons. The van der Waals surface area contributed by atoms with Crippen LogP contribution in [0.25, 0.3) is 0 Å². The van der Waals surface area contributed by atoms with E-state index in [1.165, 1.54) is 6.07 Å². The van der Waals surface area contributed by atoms with E-state index in [4.69, 9.17) is 4.74 Å². The number of ether oxygens (including phenoxy) is 1. The summed E-state index contributed by atoms with van der Waals surface area (Å²) >= 11 is 2.18. The molecule has 1 aromatic carbocycles. The summed E-state index contributed by atoms with van der Waals surface area (Å²) in [7, 11) is 0. The molecule has 1 N–H and O–H groups in total. The molecule has 4 nitrogen and oxygen atoms in total. The number of benzene rings is 1. The van der Waals surface area contributed by atoms with E-state index in [1.807, 2.05) is 13.8 Å². The van der Waals surface area contributed by atoms with E-state index in [0.717, 1.165) is 0 Å². The number of hydrogen-bond acceptors (Lipinski definition) is 4. The fourth-order valence-corrected chi connectivity index (χ4v) is 4.09. The standard InChI is InChI=1S/C15H13IO4/c1-15(2)9(6-16)20-14-11(15)13(19)10-7(12(14)18)4-3-5-8(10)17/h3-5,9,17H,6H2,1-2H3. The lowest BCUT2D eigenvalue weighted by atomic mass is 9.74. The van der Waals surface area contributed by atoms with Gasteiger partial charge in [0.2, 0.25) is 5.78 Å². The van der Waals surface area contributed by atoms with Crippen LogP contribution in [-0.4, -0.2) is 27.2 Å². The predicted octanol–water partition coefficient (Wildman–Crippen LogP) is 2.89. The van der Waals surface area contributed by atoms with Gasteiger partial charge in [-0.3, -0.25) is 9.59 Å². The number of alkyl halides is 1. The predicted molar refractivity (Wildman–Crippen MR) is 81.3 cm³/mol. The van der Waals surface area contributed by atoms with Gasteiger partial charge in [-0.2, -0.15) is 0 Å². The molecule has 0 saturated heterocycles. The Kier molecular flexibility index (Phi) is 2.93. The number of halogens is 1. The van der Waals surface area contributed by atoms with E-state index in [0.29, 0.717) is 10.0 Å². The molecular formula is C15H13IO4. The van der Waals surface area contributed by atoms with Gasteiger partial charge >= 0.3 is 0 Å². The van der Waals surface area contributed by atoms with E-state index >= 15 is 0 Å². The maximum Gasteiger partial charge on any atom is 0.228 e. The summed E-state index contributed by atoms with van der Waals surface area (Å²) in [6.45, 7) is 3.80. The Bertz CT molecular complexity index is 672. The van der Waals surface area contributed by atoms with Crippen LogP contribution in [0.3, 0.4) is 0 Å². The Morgan fingerprint density at radius 2 is 2.00 bits per heavy atom. The topological polar surface area (TPSA) is 63.6 Å². The minimum Gasteiger partial charge on any atom is -0.507 e. The number of phenols is 1. The summed E-state index contributed by atoms with van der Waals surface area (Å²) < 4.78 is 6.41. The molecule has 0 aromatic heterocycles. The third-order valence-electron chi connectivity index (χ3n) is 4.02. The second kappa shape index (κ2) is 4.31. The van der Waals surface area contributed by atoms with Crippen molar-refractivity contribution in [3.05, 3.63) is 40.7 Å². The van der Waals surface area contributed by atoms with Crippen LogP contribution in [-0.2, 0) is 4.74 Å². The van der Waals surface area contributed by atoms with E-state index in [1.54, 1.807) is 12.1 Å². The van der Waals surface area contributed by atoms with Crippen LogP contribution < -0.4 is 0 Å². The molecule has 0 fully saturated rings. The van der Waals surface area contributed by atoms with Gasteiger partial charge < -0.3 is 9.84 Å². The zero-order valence-corrected chi connectivity index (χ0v) is 13.2. The van der Waals surface area contributed by atoms with Crippen molar-refractivity contribution in [2.24, 2.45) is 5.41 Å². The van der Waals surface area contributed by atoms with Crippen LogP contribution in [0.2, 0.25) is 0 Å². The molecule has 0 spiro atoms. The number of fused-ring (bicyclic) bond motifs is 1. The van der Waals surface area contributed by atoms with Gasteiger partial charge in [0.1, 0.15) is 11.9 Å². The van der Waals surface area contributed by atoms with Gasteiger partial charge in [0.25, 0.3) is 0 Å². The third-order valence-corrected chi connectivity index (χ3v) is 4.82. The monoisotopic (exact) mass is 384 g/mol. The molecule has 5 heteroatoms. The van der Waals surface area contributed by atoms with Crippen LogP contribution >= 0.6 is 22.6 Å². The third kappa shape index (κ3) is 1.58. The normalized spacial score (nSPS) is 23.4. The average Bonchev–Trinajstić information content (AvgIpc) is 2.67. The first-order valence-corrected chi connectivity index (χ1v) is 7.81. The number of rotatable bonds is 1.